The second kappa shape index (κ2) is 4.22. The third-order valence-corrected chi connectivity index (χ3v) is 2.96. The van der Waals surface area contributed by atoms with Gasteiger partial charge in [0.1, 0.15) is 18.1 Å². The number of benzene rings is 1. The predicted octanol–water partition coefficient (Wildman–Crippen LogP) is 1.73. The standard InChI is InChI=1S/C13H14N2O2/c1-16-12-2-3-15-11-6-9-8-14-4-5-17-13(9)7-10(11)12/h2-3,6-7,14H,4-5,8H2,1H3. The van der Waals surface area contributed by atoms with Gasteiger partial charge in [-0.15, -0.1) is 0 Å². The highest BCUT2D eigenvalue weighted by Crippen LogP contribution is 2.31. The summed E-state index contributed by atoms with van der Waals surface area (Å²) in [5.41, 5.74) is 2.09. The van der Waals surface area contributed by atoms with Crippen LogP contribution in [0.25, 0.3) is 10.9 Å². The van der Waals surface area contributed by atoms with Crippen LogP contribution >= 0.6 is 0 Å². The van der Waals surface area contributed by atoms with Gasteiger partial charge in [0.2, 0.25) is 0 Å². The number of methoxy groups -OCH3 is 1. The molecule has 0 unspecified atom stereocenters. The molecule has 0 atom stereocenters. The van der Waals surface area contributed by atoms with Crippen molar-refractivity contribution in [2.24, 2.45) is 0 Å². The monoisotopic (exact) mass is 230 g/mol. The van der Waals surface area contributed by atoms with E-state index in [0.29, 0.717) is 6.61 Å². The van der Waals surface area contributed by atoms with E-state index in [-0.39, 0.29) is 0 Å². The number of aromatic nitrogens is 1. The number of hydrogen-bond acceptors (Lipinski definition) is 4. The van der Waals surface area contributed by atoms with Crippen LogP contribution in [0, 0.1) is 0 Å². The maximum atomic E-state index is 5.71. The molecule has 0 saturated carbocycles. The molecule has 1 N–H and O–H groups in total. The topological polar surface area (TPSA) is 43.4 Å². The van der Waals surface area contributed by atoms with Gasteiger partial charge in [-0.1, -0.05) is 0 Å². The summed E-state index contributed by atoms with van der Waals surface area (Å²) in [5, 5.41) is 4.31. The zero-order valence-electron chi connectivity index (χ0n) is 9.69. The molecule has 0 amide bonds. The Bertz CT molecular complexity index is 554. The number of fused-ring (bicyclic) bond motifs is 2. The lowest BCUT2D eigenvalue weighted by molar-refractivity contribution is 0.326. The molecule has 0 radical (unpaired) electrons. The second-order valence-electron chi connectivity index (χ2n) is 4.02. The van der Waals surface area contributed by atoms with Crippen LogP contribution in [0.3, 0.4) is 0 Å². The Morgan fingerprint density at radius 1 is 1.41 bits per heavy atom. The molecule has 2 aromatic rings. The molecule has 0 fully saturated rings. The Kier molecular flexibility index (Phi) is 2.57. The highest BCUT2D eigenvalue weighted by atomic mass is 16.5. The van der Waals surface area contributed by atoms with Crippen LogP contribution < -0.4 is 14.8 Å². The Hall–Kier alpha value is -1.81. The summed E-state index contributed by atoms with van der Waals surface area (Å²) in [5.74, 6) is 1.76. The summed E-state index contributed by atoms with van der Waals surface area (Å²) >= 11 is 0. The van der Waals surface area contributed by atoms with Crippen LogP contribution in [0.5, 0.6) is 11.5 Å². The third-order valence-electron chi connectivity index (χ3n) is 2.96. The first-order valence-electron chi connectivity index (χ1n) is 5.67. The van der Waals surface area contributed by atoms with Crippen LogP contribution in [0.4, 0.5) is 0 Å². The summed E-state index contributed by atoms with van der Waals surface area (Å²) in [6.45, 7) is 2.39. The molecule has 0 aliphatic carbocycles. The van der Waals surface area contributed by atoms with E-state index in [0.717, 1.165) is 41.1 Å². The number of pyridine rings is 1. The van der Waals surface area contributed by atoms with Gasteiger partial charge in [0.25, 0.3) is 0 Å². The van der Waals surface area contributed by atoms with Gasteiger partial charge in [-0.25, -0.2) is 0 Å². The van der Waals surface area contributed by atoms with Crippen molar-refractivity contribution in [2.75, 3.05) is 20.3 Å². The maximum Gasteiger partial charge on any atom is 0.129 e. The van der Waals surface area contributed by atoms with Crippen molar-refractivity contribution in [3.8, 4) is 11.5 Å². The Labute approximate surface area is 99.6 Å². The van der Waals surface area contributed by atoms with Gasteiger partial charge in [-0.05, 0) is 18.2 Å². The van der Waals surface area contributed by atoms with Crippen molar-refractivity contribution in [1.82, 2.24) is 10.3 Å². The van der Waals surface area contributed by atoms with E-state index < -0.39 is 0 Å². The summed E-state index contributed by atoms with van der Waals surface area (Å²) in [6, 6.07) is 5.94. The van der Waals surface area contributed by atoms with Crippen molar-refractivity contribution in [2.45, 2.75) is 6.54 Å². The molecule has 4 heteroatoms. The molecule has 1 aliphatic heterocycles. The fraction of sp³-hybridized carbons (Fsp3) is 0.308. The van der Waals surface area contributed by atoms with E-state index in [4.69, 9.17) is 9.47 Å². The lowest BCUT2D eigenvalue weighted by Crippen LogP contribution is -2.16. The van der Waals surface area contributed by atoms with Gasteiger partial charge < -0.3 is 14.8 Å². The largest absolute Gasteiger partial charge is 0.496 e. The van der Waals surface area contributed by atoms with Gasteiger partial charge in [0.15, 0.2) is 0 Å². The van der Waals surface area contributed by atoms with E-state index in [9.17, 15) is 0 Å². The summed E-state index contributed by atoms with van der Waals surface area (Å²) < 4.78 is 11.0. The average Bonchev–Trinajstić information content (AvgIpc) is 2.60. The molecule has 4 nitrogen and oxygen atoms in total. The predicted molar refractivity (Wildman–Crippen MR) is 65.5 cm³/mol. The minimum absolute atomic E-state index is 0.696. The highest BCUT2D eigenvalue weighted by molar-refractivity contribution is 5.87. The molecule has 0 bridgehead atoms. The second-order valence-corrected chi connectivity index (χ2v) is 4.02. The van der Waals surface area contributed by atoms with E-state index in [1.807, 2.05) is 12.1 Å². The number of hydrogen-bond donors (Lipinski definition) is 1. The zero-order chi connectivity index (χ0) is 11.7. The van der Waals surface area contributed by atoms with Crippen LogP contribution in [0.15, 0.2) is 24.4 Å². The van der Waals surface area contributed by atoms with Crippen molar-refractivity contribution in [3.05, 3.63) is 30.0 Å². The Morgan fingerprint density at radius 3 is 3.24 bits per heavy atom. The minimum Gasteiger partial charge on any atom is -0.496 e. The van der Waals surface area contributed by atoms with E-state index in [1.54, 1.807) is 13.3 Å². The summed E-state index contributed by atoms with van der Waals surface area (Å²) in [6.07, 6.45) is 1.76. The smallest absolute Gasteiger partial charge is 0.129 e. The van der Waals surface area contributed by atoms with Crippen molar-refractivity contribution in [1.29, 1.82) is 0 Å². The zero-order valence-corrected chi connectivity index (χ0v) is 9.69. The summed E-state index contributed by atoms with van der Waals surface area (Å²) in [4.78, 5) is 4.37. The number of ether oxygens (including phenoxy) is 2. The van der Waals surface area contributed by atoms with Crippen molar-refractivity contribution in [3.63, 3.8) is 0 Å². The number of nitrogens with zero attached hydrogens (tertiary/aromatic N) is 1. The molecular formula is C13H14N2O2. The normalized spacial score (nSPS) is 14.9. The minimum atomic E-state index is 0.696. The fourth-order valence-electron chi connectivity index (χ4n) is 2.10. The Morgan fingerprint density at radius 2 is 2.35 bits per heavy atom. The quantitative estimate of drug-likeness (QED) is 0.810. The molecule has 88 valence electrons. The van der Waals surface area contributed by atoms with Crippen LogP contribution in [-0.2, 0) is 6.54 Å². The number of rotatable bonds is 1. The molecule has 2 heterocycles. The highest BCUT2D eigenvalue weighted by Gasteiger charge is 2.12. The van der Waals surface area contributed by atoms with Crippen LogP contribution in [-0.4, -0.2) is 25.2 Å². The van der Waals surface area contributed by atoms with Crippen LogP contribution in [0.2, 0.25) is 0 Å². The summed E-state index contributed by atoms with van der Waals surface area (Å²) in [7, 11) is 1.67. The third kappa shape index (κ3) is 1.80. The van der Waals surface area contributed by atoms with Gasteiger partial charge in [0.05, 0.1) is 12.6 Å². The molecule has 0 spiro atoms. The molecular weight excluding hydrogens is 216 g/mol. The van der Waals surface area contributed by atoms with E-state index in [2.05, 4.69) is 16.4 Å². The average molecular weight is 230 g/mol. The fourth-order valence-corrected chi connectivity index (χ4v) is 2.10. The van der Waals surface area contributed by atoms with Gasteiger partial charge in [0, 0.05) is 30.2 Å². The molecule has 3 rings (SSSR count). The molecule has 1 aromatic carbocycles. The Balaban J connectivity index is 2.22. The van der Waals surface area contributed by atoms with E-state index in [1.165, 1.54) is 0 Å². The first-order valence-corrected chi connectivity index (χ1v) is 5.67. The lowest BCUT2D eigenvalue weighted by atomic mass is 10.1. The maximum absolute atomic E-state index is 5.71. The molecule has 1 aliphatic rings. The van der Waals surface area contributed by atoms with Crippen LogP contribution in [0.1, 0.15) is 5.56 Å². The van der Waals surface area contributed by atoms with Gasteiger partial charge in [-0.2, -0.15) is 0 Å². The first-order chi connectivity index (χ1) is 8.38. The lowest BCUT2D eigenvalue weighted by Gasteiger charge is -2.10. The van der Waals surface area contributed by atoms with E-state index >= 15 is 0 Å². The van der Waals surface area contributed by atoms with Crippen molar-refractivity contribution < 1.29 is 9.47 Å². The van der Waals surface area contributed by atoms with Gasteiger partial charge in [-0.3, -0.25) is 4.98 Å². The first kappa shape index (κ1) is 10.4. The molecule has 17 heavy (non-hydrogen) atoms. The van der Waals surface area contributed by atoms with Gasteiger partial charge >= 0.3 is 0 Å². The SMILES string of the molecule is COc1ccnc2cc3c(cc12)OCCNC3. The molecule has 1 aromatic heterocycles. The van der Waals surface area contributed by atoms with Crippen molar-refractivity contribution >= 4 is 10.9 Å². The molecule has 0 saturated heterocycles. The number of nitrogens with one attached hydrogen (secondary N) is 1.